The number of halogens is 1. The van der Waals surface area contributed by atoms with E-state index in [1.807, 2.05) is 17.7 Å². The number of rotatable bonds is 5. The summed E-state index contributed by atoms with van der Waals surface area (Å²) in [5.41, 5.74) is 2.79. The van der Waals surface area contributed by atoms with E-state index in [0.29, 0.717) is 17.8 Å². The average molecular weight is 306 g/mol. The maximum atomic E-state index is 5.97. The van der Waals surface area contributed by atoms with Crippen molar-refractivity contribution in [3.63, 3.8) is 0 Å². The number of hydrogen-bond acceptors (Lipinski definition) is 3. The molecule has 0 saturated carbocycles. The van der Waals surface area contributed by atoms with Gasteiger partial charge in [0.05, 0.1) is 6.20 Å². The van der Waals surface area contributed by atoms with Crippen molar-refractivity contribution in [3.05, 3.63) is 46.5 Å². The number of imidazole rings is 1. The van der Waals surface area contributed by atoms with Gasteiger partial charge in [-0.3, -0.25) is 0 Å². The Morgan fingerprint density at radius 2 is 2.33 bits per heavy atom. The lowest BCUT2D eigenvalue weighted by atomic mass is 10.1. The van der Waals surface area contributed by atoms with Gasteiger partial charge in [0, 0.05) is 13.1 Å². The Hall–Kier alpha value is -1.52. The van der Waals surface area contributed by atoms with Crippen molar-refractivity contribution in [1.82, 2.24) is 14.9 Å². The minimum absolute atomic E-state index is 0.429. The number of hydrogen-bond donors (Lipinski definition) is 1. The van der Waals surface area contributed by atoms with Crippen molar-refractivity contribution in [1.29, 1.82) is 0 Å². The van der Waals surface area contributed by atoms with Crippen LogP contribution in [-0.4, -0.2) is 16.1 Å². The van der Waals surface area contributed by atoms with E-state index >= 15 is 0 Å². The smallest absolute Gasteiger partial charge is 0.147 e. The predicted molar refractivity (Wildman–Crippen MR) is 83.7 cm³/mol. The third-order valence-electron chi connectivity index (χ3n) is 4.04. The van der Waals surface area contributed by atoms with Crippen molar-refractivity contribution in [3.8, 4) is 5.75 Å². The summed E-state index contributed by atoms with van der Waals surface area (Å²) in [6, 6.07) is 6.86. The van der Waals surface area contributed by atoms with Gasteiger partial charge < -0.3 is 14.6 Å². The highest BCUT2D eigenvalue weighted by Gasteiger charge is 2.21. The first-order valence-corrected chi connectivity index (χ1v) is 7.72. The maximum Gasteiger partial charge on any atom is 0.147 e. The molecule has 0 bridgehead atoms. The molecule has 1 aliphatic carbocycles. The van der Waals surface area contributed by atoms with Gasteiger partial charge >= 0.3 is 0 Å². The van der Waals surface area contributed by atoms with E-state index in [0.717, 1.165) is 24.5 Å². The lowest BCUT2D eigenvalue weighted by Crippen LogP contribution is -2.18. The van der Waals surface area contributed by atoms with E-state index in [1.165, 1.54) is 17.5 Å². The monoisotopic (exact) mass is 305 g/mol. The summed E-state index contributed by atoms with van der Waals surface area (Å²) in [6.45, 7) is 3.58. The molecule has 0 amide bonds. The van der Waals surface area contributed by atoms with Crippen LogP contribution in [0.3, 0.4) is 0 Å². The molecule has 3 rings (SSSR count). The minimum atomic E-state index is 0.429. The molecule has 4 nitrogen and oxygen atoms in total. The summed E-state index contributed by atoms with van der Waals surface area (Å²) < 4.78 is 7.67. The van der Waals surface area contributed by atoms with Crippen molar-refractivity contribution in [2.45, 2.75) is 32.4 Å². The van der Waals surface area contributed by atoms with Crippen LogP contribution in [0.1, 0.15) is 36.3 Å². The molecule has 1 N–H and O–H groups in total. The van der Waals surface area contributed by atoms with Gasteiger partial charge in [0.1, 0.15) is 23.3 Å². The standard InChI is InChI=1S/C16H20ClN3O/c1-3-18-14-7-4-11-8-12(5-6-13(11)14)21-10-16-19-9-15(17)20(16)2/h5-6,8-9,14,18H,3-4,7,10H2,1-2H3. The van der Waals surface area contributed by atoms with Gasteiger partial charge in [0.25, 0.3) is 0 Å². The Kier molecular flexibility index (Phi) is 4.17. The molecule has 21 heavy (non-hydrogen) atoms. The Morgan fingerprint density at radius 3 is 3.05 bits per heavy atom. The second-order valence-corrected chi connectivity index (χ2v) is 5.74. The molecule has 1 unspecified atom stereocenters. The normalized spacial score (nSPS) is 17.0. The van der Waals surface area contributed by atoms with Crippen LogP contribution in [0.4, 0.5) is 0 Å². The fourth-order valence-electron chi connectivity index (χ4n) is 2.85. The van der Waals surface area contributed by atoms with Crippen LogP contribution in [0.2, 0.25) is 5.15 Å². The second-order valence-electron chi connectivity index (χ2n) is 5.35. The molecule has 1 aromatic heterocycles. The van der Waals surface area contributed by atoms with Crippen LogP contribution in [-0.2, 0) is 20.1 Å². The van der Waals surface area contributed by atoms with Crippen molar-refractivity contribution in [2.24, 2.45) is 7.05 Å². The fraction of sp³-hybridized carbons (Fsp3) is 0.438. The molecule has 1 aliphatic rings. The number of fused-ring (bicyclic) bond motifs is 1. The highest BCUT2D eigenvalue weighted by Crippen LogP contribution is 2.33. The van der Waals surface area contributed by atoms with Gasteiger partial charge in [-0.1, -0.05) is 24.6 Å². The molecular weight excluding hydrogens is 286 g/mol. The zero-order valence-corrected chi connectivity index (χ0v) is 13.2. The number of aromatic nitrogens is 2. The minimum Gasteiger partial charge on any atom is -0.486 e. The van der Waals surface area contributed by atoms with Crippen LogP contribution >= 0.6 is 11.6 Å². The SMILES string of the molecule is CCNC1CCc2cc(OCc3ncc(Cl)n3C)ccc21. The summed E-state index contributed by atoms with van der Waals surface area (Å²) >= 11 is 5.97. The molecule has 1 heterocycles. The molecule has 0 radical (unpaired) electrons. The second kappa shape index (κ2) is 6.08. The van der Waals surface area contributed by atoms with E-state index in [1.54, 1.807) is 6.20 Å². The first-order valence-electron chi connectivity index (χ1n) is 7.34. The summed E-state index contributed by atoms with van der Waals surface area (Å²) in [5, 5.41) is 4.14. The van der Waals surface area contributed by atoms with Gasteiger partial charge in [-0.15, -0.1) is 0 Å². The van der Waals surface area contributed by atoms with E-state index in [2.05, 4.69) is 29.4 Å². The summed E-state index contributed by atoms with van der Waals surface area (Å²) in [5.74, 6) is 1.72. The van der Waals surface area contributed by atoms with Crippen LogP contribution < -0.4 is 10.1 Å². The quantitative estimate of drug-likeness (QED) is 0.921. The Balaban J connectivity index is 1.69. The lowest BCUT2D eigenvalue weighted by Gasteiger charge is -2.13. The third kappa shape index (κ3) is 2.92. The molecule has 112 valence electrons. The number of aryl methyl sites for hydroxylation is 1. The van der Waals surface area contributed by atoms with Gasteiger partial charge in [-0.05, 0) is 42.6 Å². The zero-order chi connectivity index (χ0) is 14.8. The van der Waals surface area contributed by atoms with E-state index < -0.39 is 0 Å². The fourth-order valence-corrected chi connectivity index (χ4v) is 2.99. The van der Waals surface area contributed by atoms with E-state index in [9.17, 15) is 0 Å². The van der Waals surface area contributed by atoms with Gasteiger partial charge in [0.2, 0.25) is 0 Å². The lowest BCUT2D eigenvalue weighted by molar-refractivity contribution is 0.291. The highest BCUT2D eigenvalue weighted by atomic mass is 35.5. The molecule has 0 fully saturated rings. The molecular formula is C16H20ClN3O. The van der Waals surface area contributed by atoms with Gasteiger partial charge in [-0.2, -0.15) is 0 Å². The van der Waals surface area contributed by atoms with Crippen LogP contribution in [0.25, 0.3) is 0 Å². The van der Waals surface area contributed by atoms with E-state index in [-0.39, 0.29) is 0 Å². The third-order valence-corrected chi connectivity index (χ3v) is 4.39. The van der Waals surface area contributed by atoms with Gasteiger partial charge in [-0.25, -0.2) is 4.98 Å². The number of ether oxygens (including phenoxy) is 1. The topological polar surface area (TPSA) is 39.1 Å². The number of nitrogens with one attached hydrogen (secondary N) is 1. The molecule has 0 aliphatic heterocycles. The van der Waals surface area contributed by atoms with E-state index in [4.69, 9.17) is 16.3 Å². The first kappa shape index (κ1) is 14.4. The Labute approximate surface area is 130 Å². The molecule has 5 heteroatoms. The molecule has 1 atom stereocenters. The predicted octanol–water partition coefficient (Wildman–Crippen LogP) is 3.25. The Morgan fingerprint density at radius 1 is 1.48 bits per heavy atom. The summed E-state index contributed by atoms with van der Waals surface area (Å²) in [7, 11) is 1.89. The highest BCUT2D eigenvalue weighted by molar-refractivity contribution is 6.29. The maximum absolute atomic E-state index is 5.97. The summed E-state index contributed by atoms with van der Waals surface area (Å²) in [4.78, 5) is 4.24. The summed E-state index contributed by atoms with van der Waals surface area (Å²) in [6.07, 6.45) is 3.92. The number of benzene rings is 1. The number of nitrogens with zero attached hydrogens (tertiary/aromatic N) is 2. The molecule has 1 aromatic carbocycles. The van der Waals surface area contributed by atoms with Crippen molar-refractivity contribution >= 4 is 11.6 Å². The van der Waals surface area contributed by atoms with Crippen LogP contribution in [0, 0.1) is 0 Å². The van der Waals surface area contributed by atoms with Gasteiger partial charge in [0.15, 0.2) is 0 Å². The first-order chi connectivity index (χ1) is 10.2. The van der Waals surface area contributed by atoms with Crippen LogP contribution in [0.5, 0.6) is 5.75 Å². The molecule has 0 spiro atoms. The Bertz CT molecular complexity index is 638. The van der Waals surface area contributed by atoms with Crippen molar-refractivity contribution in [2.75, 3.05) is 6.54 Å². The zero-order valence-electron chi connectivity index (χ0n) is 12.4. The largest absolute Gasteiger partial charge is 0.486 e. The molecule has 2 aromatic rings. The van der Waals surface area contributed by atoms with Crippen LogP contribution in [0.15, 0.2) is 24.4 Å². The van der Waals surface area contributed by atoms with Crippen molar-refractivity contribution < 1.29 is 4.74 Å². The average Bonchev–Trinajstić information content (AvgIpc) is 3.03. The molecule has 0 saturated heterocycles.